The Morgan fingerprint density at radius 2 is 2.08 bits per heavy atom. The average molecular weight is 187 g/mol. The second-order valence-corrected chi connectivity index (χ2v) is 5.03. The van der Waals surface area contributed by atoms with Gasteiger partial charge in [-0.25, -0.2) is 0 Å². The van der Waals surface area contributed by atoms with Crippen LogP contribution in [0.5, 0.6) is 0 Å². The van der Waals surface area contributed by atoms with Crippen molar-refractivity contribution < 1.29 is 0 Å². The van der Waals surface area contributed by atoms with Crippen LogP contribution in [0, 0.1) is 0 Å². The number of unbranched alkanes of at least 4 members (excludes halogenated alkanes) is 1. The summed E-state index contributed by atoms with van der Waals surface area (Å²) in [6.45, 7) is 3.57. The lowest BCUT2D eigenvalue weighted by Crippen LogP contribution is -2.48. The lowest BCUT2D eigenvalue weighted by Gasteiger charge is -2.39. The first-order chi connectivity index (χ1) is 5.77. The van der Waals surface area contributed by atoms with Crippen molar-refractivity contribution in [2.45, 2.75) is 44.6 Å². The van der Waals surface area contributed by atoms with Crippen molar-refractivity contribution in [3.63, 3.8) is 0 Å². The molecule has 0 aromatic rings. The standard InChI is InChI=1S/C10H21NS/c1-10(6-5-7-10)11-8-3-4-9-12-2/h11H,3-9H2,1-2H3. The zero-order valence-electron chi connectivity index (χ0n) is 8.36. The Morgan fingerprint density at radius 3 is 2.58 bits per heavy atom. The Hall–Kier alpha value is 0.310. The number of hydrogen-bond acceptors (Lipinski definition) is 2. The fourth-order valence-electron chi connectivity index (χ4n) is 1.65. The molecule has 0 saturated heterocycles. The molecule has 0 amide bonds. The van der Waals surface area contributed by atoms with Gasteiger partial charge in [0.15, 0.2) is 0 Å². The van der Waals surface area contributed by atoms with Gasteiger partial charge in [0, 0.05) is 5.54 Å². The van der Waals surface area contributed by atoms with Crippen LogP contribution in [0.4, 0.5) is 0 Å². The topological polar surface area (TPSA) is 12.0 Å². The van der Waals surface area contributed by atoms with E-state index in [-0.39, 0.29) is 0 Å². The molecule has 0 unspecified atom stereocenters. The Balaban J connectivity index is 1.88. The number of rotatable bonds is 6. The normalized spacial score (nSPS) is 20.5. The van der Waals surface area contributed by atoms with Crippen molar-refractivity contribution in [3.8, 4) is 0 Å². The lowest BCUT2D eigenvalue weighted by atomic mass is 9.78. The van der Waals surface area contributed by atoms with E-state index in [1.54, 1.807) is 0 Å². The maximum Gasteiger partial charge on any atom is 0.0153 e. The summed E-state index contributed by atoms with van der Waals surface area (Å²) in [7, 11) is 0. The molecular weight excluding hydrogens is 166 g/mol. The minimum Gasteiger partial charge on any atom is -0.312 e. The van der Waals surface area contributed by atoms with Crippen molar-refractivity contribution in [2.24, 2.45) is 0 Å². The van der Waals surface area contributed by atoms with Crippen LogP contribution >= 0.6 is 11.8 Å². The van der Waals surface area contributed by atoms with E-state index in [9.17, 15) is 0 Å². The second kappa shape index (κ2) is 5.13. The van der Waals surface area contributed by atoms with E-state index in [2.05, 4.69) is 18.5 Å². The first-order valence-electron chi connectivity index (χ1n) is 5.01. The molecule has 1 N–H and O–H groups in total. The van der Waals surface area contributed by atoms with Gasteiger partial charge in [-0.3, -0.25) is 0 Å². The monoisotopic (exact) mass is 187 g/mol. The van der Waals surface area contributed by atoms with Gasteiger partial charge in [0.05, 0.1) is 0 Å². The molecule has 1 nitrogen and oxygen atoms in total. The molecule has 1 aliphatic carbocycles. The van der Waals surface area contributed by atoms with Gasteiger partial charge in [-0.15, -0.1) is 0 Å². The van der Waals surface area contributed by atoms with E-state index in [1.807, 2.05) is 11.8 Å². The van der Waals surface area contributed by atoms with Gasteiger partial charge in [0.1, 0.15) is 0 Å². The van der Waals surface area contributed by atoms with Gasteiger partial charge in [-0.1, -0.05) is 0 Å². The molecule has 1 fully saturated rings. The van der Waals surface area contributed by atoms with Crippen LogP contribution in [-0.4, -0.2) is 24.1 Å². The summed E-state index contributed by atoms with van der Waals surface area (Å²) in [6.07, 6.45) is 9.08. The molecule has 0 aliphatic heterocycles. The maximum absolute atomic E-state index is 3.65. The molecule has 0 aromatic carbocycles. The minimum atomic E-state index is 0.513. The van der Waals surface area contributed by atoms with Crippen LogP contribution < -0.4 is 5.32 Å². The largest absolute Gasteiger partial charge is 0.312 e. The molecule has 0 bridgehead atoms. The molecule has 72 valence electrons. The van der Waals surface area contributed by atoms with Gasteiger partial charge >= 0.3 is 0 Å². The third kappa shape index (κ3) is 3.36. The Labute approximate surface area is 80.7 Å². The molecule has 0 aromatic heterocycles. The highest BCUT2D eigenvalue weighted by Gasteiger charge is 2.30. The third-order valence-corrected chi connectivity index (χ3v) is 3.48. The summed E-state index contributed by atoms with van der Waals surface area (Å²) in [4.78, 5) is 0. The number of hydrogen-bond donors (Lipinski definition) is 1. The third-order valence-electron chi connectivity index (χ3n) is 2.78. The predicted octanol–water partition coefficient (Wildman–Crippen LogP) is 2.66. The molecule has 0 spiro atoms. The molecule has 1 aliphatic rings. The summed E-state index contributed by atoms with van der Waals surface area (Å²) in [5.74, 6) is 1.32. The van der Waals surface area contributed by atoms with E-state index in [0.717, 1.165) is 0 Å². The highest BCUT2D eigenvalue weighted by atomic mass is 32.2. The van der Waals surface area contributed by atoms with Gasteiger partial charge < -0.3 is 5.32 Å². The minimum absolute atomic E-state index is 0.513. The van der Waals surface area contributed by atoms with E-state index < -0.39 is 0 Å². The molecule has 0 atom stereocenters. The lowest BCUT2D eigenvalue weighted by molar-refractivity contribution is 0.209. The van der Waals surface area contributed by atoms with Crippen LogP contribution in [0.15, 0.2) is 0 Å². The van der Waals surface area contributed by atoms with Gasteiger partial charge in [0.25, 0.3) is 0 Å². The molecular formula is C10H21NS. The predicted molar refractivity (Wildman–Crippen MR) is 57.9 cm³/mol. The fraction of sp³-hybridized carbons (Fsp3) is 1.00. The van der Waals surface area contributed by atoms with Crippen molar-refractivity contribution in [1.29, 1.82) is 0 Å². The van der Waals surface area contributed by atoms with Crippen LogP contribution in [0.2, 0.25) is 0 Å². The van der Waals surface area contributed by atoms with E-state index in [1.165, 1.54) is 44.4 Å². The van der Waals surface area contributed by atoms with E-state index >= 15 is 0 Å². The fourth-order valence-corrected chi connectivity index (χ4v) is 2.14. The molecule has 0 radical (unpaired) electrons. The number of nitrogens with one attached hydrogen (secondary N) is 1. The van der Waals surface area contributed by atoms with Crippen LogP contribution in [0.3, 0.4) is 0 Å². The van der Waals surface area contributed by atoms with Crippen molar-refractivity contribution in [2.75, 3.05) is 18.6 Å². The maximum atomic E-state index is 3.65. The van der Waals surface area contributed by atoms with Crippen molar-refractivity contribution in [3.05, 3.63) is 0 Å². The SMILES string of the molecule is CSCCCCNC1(C)CCC1. The highest BCUT2D eigenvalue weighted by Crippen LogP contribution is 2.30. The molecule has 12 heavy (non-hydrogen) atoms. The quantitative estimate of drug-likeness (QED) is 0.642. The van der Waals surface area contributed by atoms with Crippen LogP contribution in [0.1, 0.15) is 39.0 Å². The second-order valence-electron chi connectivity index (χ2n) is 4.04. The molecule has 0 heterocycles. The van der Waals surface area contributed by atoms with Crippen molar-refractivity contribution in [1.82, 2.24) is 5.32 Å². The van der Waals surface area contributed by atoms with Crippen LogP contribution in [0.25, 0.3) is 0 Å². The van der Waals surface area contributed by atoms with Gasteiger partial charge in [-0.05, 0) is 57.6 Å². The molecule has 1 saturated carbocycles. The van der Waals surface area contributed by atoms with E-state index in [0.29, 0.717) is 5.54 Å². The Morgan fingerprint density at radius 1 is 1.33 bits per heavy atom. The summed E-state index contributed by atoms with van der Waals surface area (Å²) < 4.78 is 0. The van der Waals surface area contributed by atoms with Gasteiger partial charge in [0.2, 0.25) is 0 Å². The molecule has 2 heteroatoms. The number of thioether (sulfide) groups is 1. The summed E-state index contributed by atoms with van der Waals surface area (Å²) in [6, 6.07) is 0. The molecule has 1 rings (SSSR count). The smallest absolute Gasteiger partial charge is 0.0153 e. The summed E-state index contributed by atoms with van der Waals surface area (Å²) in [5.41, 5.74) is 0.513. The first-order valence-corrected chi connectivity index (χ1v) is 6.40. The zero-order chi connectivity index (χ0) is 8.86. The highest BCUT2D eigenvalue weighted by molar-refractivity contribution is 7.98. The van der Waals surface area contributed by atoms with Crippen molar-refractivity contribution >= 4 is 11.8 Å². The first kappa shape index (κ1) is 10.4. The van der Waals surface area contributed by atoms with E-state index in [4.69, 9.17) is 0 Å². The summed E-state index contributed by atoms with van der Waals surface area (Å²) in [5, 5.41) is 3.65. The average Bonchev–Trinajstić information content (AvgIpc) is 2.01. The Bertz CT molecular complexity index is 121. The van der Waals surface area contributed by atoms with Crippen LogP contribution in [-0.2, 0) is 0 Å². The zero-order valence-corrected chi connectivity index (χ0v) is 9.17. The summed E-state index contributed by atoms with van der Waals surface area (Å²) >= 11 is 1.95. The van der Waals surface area contributed by atoms with Gasteiger partial charge in [-0.2, -0.15) is 11.8 Å². The Kier molecular flexibility index (Phi) is 4.44.